The first kappa shape index (κ1) is 19.6. The predicted octanol–water partition coefficient (Wildman–Crippen LogP) is 2.01. The highest BCUT2D eigenvalue weighted by atomic mass is 35.5. The number of amides is 1. The van der Waals surface area contributed by atoms with Gasteiger partial charge in [0, 0.05) is 38.3 Å². The number of aromatic nitrogens is 5. The maximum atomic E-state index is 12.9. The lowest BCUT2D eigenvalue weighted by Crippen LogP contribution is -2.38. The standard InChI is InChI=1S/C20H23N7O.ClH/c28-20(16-12-22-27(14-16)17-4-2-1-3-5-17)25-9-6-15(7-10-25)19-24-23-18-13-21-8-11-26(18)19;/h1-5,12,14-15,21H,6-11,13H2;1H. The number of carbonyl (C=O) groups is 1. The molecule has 1 fully saturated rings. The van der Waals surface area contributed by atoms with Crippen LogP contribution in [0.5, 0.6) is 0 Å². The number of hydrogen-bond donors (Lipinski definition) is 1. The number of benzene rings is 1. The van der Waals surface area contributed by atoms with Gasteiger partial charge in [0.05, 0.1) is 24.0 Å². The van der Waals surface area contributed by atoms with E-state index in [9.17, 15) is 4.79 Å². The summed E-state index contributed by atoms with van der Waals surface area (Å²) < 4.78 is 4.00. The van der Waals surface area contributed by atoms with Gasteiger partial charge >= 0.3 is 0 Å². The van der Waals surface area contributed by atoms with E-state index < -0.39 is 0 Å². The van der Waals surface area contributed by atoms with Crippen LogP contribution in [0.1, 0.15) is 40.8 Å². The number of likely N-dealkylation sites (tertiary alicyclic amines) is 1. The first-order valence-electron chi connectivity index (χ1n) is 9.81. The van der Waals surface area contributed by atoms with E-state index in [1.807, 2.05) is 41.4 Å². The van der Waals surface area contributed by atoms with Gasteiger partial charge in [0.2, 0.25) is 0 Å². The molecule has 0 spiro atoms. The average molecular weight is 414 g/mol. The molecule has 1 amide bonds. The minimum absolute atomic E-state index is 0. The van der Waals surface area contributed by atoms with Crippen LogP contribution < -0.4 is 5.32 Å². The van der Waals surface area contributed by atoms with Crippen LogP contribution in [-0.4, -0.2) is 55.0 Å². The van der Waals surface area contributed by atoms with Gasteiger partial charge in [-0.25, -0.2) is 4.68 Å². The lowest BCUT2D eigenvalue weighted by atomic mass is 9.95. The zero-order valence-corrected chi connectivity index (χ0v) is 16.9. The fourth-order valence-corrected chi connectivity index (χ4v) is 4.10. The fourth-order valence-electron chi connectivity index (χ4n) is 4.10. The molecule has 29 heavy (non-hydrogen) atoms. The third-order valence-corrected chi connectivity index (χ3v) is 5.65. The lowest BCUT2D eigenvalue weighted by molar-refractivity contribution is 0.0710. The Labute approximate surface area is 175 Å². The molecule has 1 saturated heterocycles. The fraction of sp³-hybridized carbons (Fsp3) is 0.400. The molecule has 2 aliphatic rings. The van der Waals surface area contributed by atoms with Crippen molar-refractivity contribution in [2.45, 2.75) is 31.8 Å². The van der Waals surface area contributed by atoms with Crippen molar-refractivity contribution in [1.82, 2.24) is 34.8 Å². The second-order valence-corrected chi connectivity index (χ2v) is 7.38. The Kier molecular flexibility index (Phi) is 5.64. The molecule has 0 bridgehead atoms. The highest BCUT2D eigenvalue weighted by Gasteiger charge is 2.29. The van der Waals surface area contributed by atoms with E-state index in [4.69, 9.17) is 0 Å². The average Bonchev–Trinajstić information content (AvgIpc) is 3.42. The summed E-state index contributed by atoms with van der Waals surface area (Å²) in [5.41, 5.74) is 1.58. The van der Waals surface area contributed by atoms with Gasteiger partial charge in [-0.15, -0.1) is 22.6 Å². The van der Waals surface area contributed by atoms with Gasteiger partial charge in [0.25, 0.3) is 5.91 Å². The van der Waals surface area contributed by atoms with Crippen LogP contribution in [0.3, 0.4) is 0 Å². The summed E-state index contributed by atoms with van der Waals surface area (Å²) >= 11 is 0. The number of nitrogens with zero attached hydrogens (tertiary/aromatic N) is 6. The van der Waals surface area contributed by atoms with Crippen molar-refractivity contribution >= 4 is 18.3 Å². The number of fused-ring (bicyclic) bond motifs is 1. The van der Waals surface area contributed by atoms with Crippen LogP contribution in [0.2, 0.25) is 0 Å². The Morgan fingerprint density at radius 2 is 1.86 bits per heavy atom. The Morgan fingerprint density at radius 1 is 1.07 bits per heavy atom. The van der Waals surface area contributed by atoms with Gasteiger partial charge in [0.15, 0.2) is 0 Å². The Bertz CT molecular complexity index is 976. The first-order chi connectivity index (χ1) is 13.8. The minimum Gasteiger partial charge on any atom is -0.339 e. The van der Waals surface area contributed by atoms with E-state index in [-0.39, 0.29) is 18.3 Å². The SMILES string of the molecule is Cl.O=C(c1cnn(-c2ccccc2)c1)N1CCC(c2nnc3n2CCNC3)CC1. The Balaban J connectivity index is 0.00000205. The van der Waals surface area contributed by atoms with Gasteiger partial charge in [0.1, 0.15) is 11.6 Å². The summed E-state index contributed by atoms with van der Waals surface area (Å²) in [5, 5.41) is 16.4. The van der Waals surface area contributed by atoms with Crippen molar-refractivity contribution in [2.24, 2.45) is 0 Å². The molecule has 3 aromatic rings. The molecule has 1 N–H and O–H groups in total. The second-order valence-electron chi connectivity index (χ2n) is 7.38. The number of nitrogens with one attached hydrogen (secondary N) is 1. The van der Waals surface area contributed by atoms with Crippen molar-refractivity contribution in [3.63, 3.8) is 0 Å². The third kappa shape index (κ3) is 3.77. The number of para-hydroxylation sites is 1. The molecular weight excluding hydrogens is 390 g/mol. The maximum Gasteiger partial charge on any atom is 0.257 e. The van der Waals surface area contributed by atoms with Crippen LogP contribution >= 0.6 is 12.4 Å². The quantitative estimate of drug-likeness (QED) is 0.710. The van der Waals surface area contributed by atoms with Gasteiger partial charge in [-0.1, -0.05) is 18.2 Å². The molecule has 5 rings (SSSR count). The van der Waals surface area contributed by atoms with Crippen LogP contribution in [0, 0.1) is 0 Å². The molecule has 0 aliphatic carbocycles. The van der Waals surface area contributed by atoms with E-state index in [1.54, 1.807) is 10.9 Å². The van der Waals surface area contributed by atoms with Crippen LogP contribution in [0.25, 0.3) is 5.69 Å². The zero-order chi connectivity index (χ0) is 18.9. The molecule has 4 heterocycles. The molecule has 9 heteroatoms. The normalized spacial score (nSPS) is 16.9. The van der Waals surface area contributed by atoms with E-state index in [1.165, 1.54) is 0 Å². The molecule has 152 valence electrons. The van der Waals surface area contributed by atoms with Gasteiger partial charge in [-0.05, 0) is 25.0 Å². The van der Waals surface area contributed by atoms with Crippen LogP contribution in [0.4, 0.5) is 0 Å². The predicted molar refractivity (Wildman–Crippen MR) is 110 cm³/mol. The Hall–Kier alpha value is -2.71. The molecule has 0 atom stereocenters. The highest BCUT2D eigenvalue weighted by molar-refractivity contribution is 5.93. The monoisotopic (exact) mass is 413 g/mol. The number of hydrogen-bond acceptors (Lipinski definition) is 5. The largest absolute Gasteiger partial charge is 0.339 e. The molecular formula is C20H24ClN7O. The third-order valence-electron chi connectivity index (χ3n) is 5.65. The number of rotatable bonds is 3. The summed E-state index contributed by atoms with van der Waals surface area (Å²) in [6.07, 6.45) is 5.31. The number of halogens is 1. The van der Waals surface area contributed by atoms with Crippen molar-refractivity contribution in [3.8, 4) is 5.69 Å². The molecule has 0 radical (unpaired) electrons. The minimum atomic E-state index is 0. The van der Waals surface area contributed by atoms with Crippen molar-refractivity contribution in [3.05, 3.63) is 59.9 Å². The van der Waals surface area contributed by atoms with Crippen LogP contribution in [0.15, 0.2) is 42.7 Å². The second kappa shape index (κ2) is 8.34. The van der Waals surface area contributed by atoms with Gasteiger partial charge in [-0.3, -0.25) is 4.79 Å². The zero-order valence-electron chi connectivity index (χ0n) is 16.1. The van der Waals surface area contributed by atoms with Crippen molar-refractivity contribution in [2.75, 3.05) is 19.6 Å². The van der Waals surface area contributed by atoms with Gasteiger partial charge < -0.3 is 14.8 Å². The van der Waals surface area contributed by atoms with Crippen molar-refractivity contribution < 1.29 is 4.79 Å². The summed E-state index contributed by atoms with van der Waals surface area (Å²) in [4.78, 5) is 14.8. The topological polar surface area (TPSA) is 80.9 Å². The van der Waals surface area contributed by atoms with E-state index in [2.05, 4.69) is 25.2 Å². The van der Waals surface area contributed by atoms with Gasteiger partial charge in [-0.2, -0.15) is 5.10 Å². The maximum absolute atomic E-state index is 12.9. The summed E-state index contributed by atoms with van der Waals surface area (Å²) in [5.74, 6) is 2.53. The highest BCUT2D eigenvalue weighted by Crippen LogP contribution is 2.28. The summed E-state index contributed by atoms with van der Waals surface area (Å²) in [7, 11) is 0. The van der Waals surface area contributed by atoms with E-state index in [0.29, 0.717) is 11.5 Å². The molecule has 2 aromatic heterocycles. The molecule has 2 aliphatic heterocycles. The van der Waals surface area contributed by atoms with E-state index in [0.717, 1.165) is 62.9 Å². The number of carbonyl (C=O) groups excluding carboxylic acids is 1. The summed E-state index contributed by atoms with van der Waals surface area (Å²) in [6, 6.07) is 9.83. The molecule has 0 saturated carbocycles. The molecule has 8 nitrogen and oxygen atoms in total. The molecule has 1 aromatic carbocycles. The van der Waals surface area contributed by atoms with Crippen LogP contribution in [-0.2, 0) is 13.1 Å². The smallest absolute Gasteiger partial charge is 0.257 e. The van der Waals surface area contributed by atoms with E-state index >= 15 is 0 Å². The first-order valence-corrected chi connectivity index (χ1v) is 9.81. The lowest BCUT2D eigenvalue weighted by Gasteiger charge is -2.31. The Morgan fingerprint density at radius 3 is 2.66 bits per heavy atom. The van der Waals surface area contributed by atoms with Crippen molar-refractivity contribution in [1.29, 1.82) is 0 Å². The molecule has 0 unspecified atom stereocenters. The number of piperidine rings is 1. The summed E-state index contributed by atoms with van der Waals surface area (Å²) in [6.45, 7) is 4.15.